The van der Waals surface area contributed by atoms with Crippen LogP contribution in [0, 0.1) is 5.82 Å². The quantitative estimate of drug-likeness (QED) is 0.848. The lowest BCUT2D eigenvalue weighted by atomic mass is 10.1. The Labute approximate surface area is 154 Å². The molecule has 0 radical (unpaired) electrons. The number of rotatable bonds is 4. The minimum atomic E-state index is -0.830. The van der Waals surface area contributed by atoms with Crippen molar-refractivity contribution in [2.75, 3.05) is 25.0 Å². The monoisotopic (exact) mass is 371 g/mol. The van der Waals surface area contributed by atoms with Crippen LogP contribution in [0.25, 0.3) is 0 Å². The molecule has 1 saturated heterocycles. The van der Waals surface area contributed by atoms with Crippen molar-refractivity contribution in [1.82, 2.24) is 4.90 Å². The normalized spacial score (nSPS) is 16.6. The summed E-state index contributed by atoms with van der Waals surface area (Å²) in [4.78, 5) is 37.7. The Hall–Kier alpha value is -3.26. The Morgan fingerprint density at radius 2 is 1.85 bits per heavy atom. The van der Waals surface area contributed by atoms with Gasteiger partial charge in [-0.2, -0.15) is 0 Å². The summed E-state index contributed by atoms with van der Waals surface area (Å²) in [7, 11) is 0. The molecule has 8 heteroatoms. The SMILES string of the molecule is NC(=O)C1CN(C(=O)c2cccc(NC(=O)c3ccc(F)cc3)c2)CCO1. The third kappa shape index (κ3) is 4.48. The van der Waals surface area contributed by atoms with Gasteiger partial charge in [0.15, 0.2) is 6.10 Å². The fraction of sp³-hybridized carbons (Fsp3) is 0.211. The van der Waals surface area contributed by atoms with E-state index in [0.717, 1.165) is 0 Å². The molecule has 0 bridgehead atoms. The van der Waals surface area contributed by atoms with Crippen LogP contribution in [0.5, 0.6) is 0 Å². The maximum absolute atomic E-state index is 13.0. The Bertz CT molecular complexity index is 870. The molecule has 1 aliphatic heterocycles. The number of nitrogens with two attached hydrogens (primary N) is 1. The molecule has 2 aromatic carbocycles. The number of morpholine rings is 1. The summed E-state index contributed by atoms with van der Waals surface area (Å²) in [5.74, 6) is -1.76. The number of hydrogen-bond donors (Lipinski definition) is 2. The molecular formula is C19H18FN3O4. The largest absolute Gasteiger partial charge is 0.367 e. The first-order chi connectivity index (χ1) is 12.9. The second-order valence-corrected chi connectivity index (χ2v) is 6.05. The zero-order valence-electron chi connectivity index (χ0n) is 14.4. The number of nitrogens with one attached hydrogen (secondary N) is 1. The standard InChI is InChI=1S/C19H18FN3O4/c20-14-6-4-12(5-7-14)18(25)22-15-3-1-2-13(10-15)19(26)23-8-9-27-16(11-23)17(21)24/h1-7,10,16H,8-9,11H2,(H2,21,24)(H,22,25). The third-order valence-corrected chi connectivity index (χ3v) is 4.14. The van der Waals surface area contributed by atoms with Gasteiger partial charge in [0, 0.05) is 23.4 Å². The van der Waals surface area contributed by atoms with E-state index < -0.39 is 23.7 Å². The fourth-order valence-corrected chi connectivity index (χ4v) is 2.72. The third-order valence-electron chi connectivity index (χ3n) is 4.14. The zero-order valence-corrected chi connectivity index (χ0v) is 14.4. The van der Waals surface area contributed by atoms with E-state index in [1.807, 2.05) is 0 Å². The predicted molar refractivity (Wildman–Crippen MR) is 95.6 cm³/mol. The molecule has 1 atom stereocenters. The van der Waals surface area contributed by atoms with Crippen molar-refractivity contribution in [2.45, 2.75) is 6.10 Å². The van der Waals surface area contributed by atoms with Crippen LogP contribution in [-0.2, 0) is 9.53 Å². The lowest BCUT2D eigenvalue weighted by molar-refractivity contribution is -0.133. The Kier molecular flexibility index (Phi) is 5.46. The topological polar surface area (TPSA) is 102 Å². The van der Waals surface area contributed by atoms with E-state index in [-0.39, 0.29) is 19.1 Å². The maximum atomic E-state index is 13.0. The van der Waals surface area contributed by atoms with E-state index >= 15 is 0 Å². The van der Waals surface area contributed by atoms with Crippen molar-refractivity contribution in [3.63, 3.8) is 0 Å². The molecule has 1 aliphatic rings. The maximum Gasteiger partial charge on any atom is 0.255 e. The van der Waals surface area contributed by atoms with E-state index in [4.69, 9.17) is 10.5 Å². The van der Waals surface area contributed by atoms with Crippen molar-refractivity contribution in [2.24, 2.45) is 5.73 Å². The lowest BCUT2D eigenvalue weighted by Crippen LogP contribution is -2.50. The van der Waals surface area contributed by atoms with Crippen LogP contribution < -0.4 is 11.1 Å². The van der Waals surface area contributed by atoms with E-state index in [2.05, 4.69) is 5.32 Å². The minimum Gasteiger partial charge on any atom is -0.367 e. The number of halogens is 1. The number of anilines is 1. The van der Waals surface area contributed by atoms with Crippen molar-refractivity contribution < 1.29 is 23.5 Å². The molecule has 27 heavy (non-hydrogen) atoms. The molecular weight excluding hydrogens is 353 g/mol. The highest BCUT2D eigenvalue weighted by Gasteiger charge is 2.28. The first-order valence-electron chi connectivity index (χ1n) is 8.31. The first kappa shape index (κ1) is 18.5. The predicted octanol–water partition coefficient (Wildman–Crippen LogP) is 1.40. The molecule has 1 fully saturated rings. The van der Waals surface area contributed by atoms with Gasteiger partial charge < -0.3 is 20.7 Å². The Balaban J connectivity index is 1.71. The summed E-state index contributed by atoms with van der Waals surface area (Å²) < 4.78 is 18.2. The second-order valence-electron chi connectivity index (χ2n) is 6.05. The number of benzene rings is 2. The molecule has 140 valence electrons. The number of primary amides is 1. The lowest BCUT2D eigenvalue weighted by Gasteiger charge is -2.31. The van der Waals surface area contributed by atoms with Crippen LogP contribution in [0.4, 0.5) is 10.1 Å². The molecule has 0 aliphatic carbocycles. The van der Waals surface area contributed by atoms with Gasteiger partial charge in [0.2, 0.25) is 5.91 Å². The smallest absolute Gasteiger partial charge is 0.255 e. The van der Waals surface area contributed by atoms with Gasteiger partial charge in [-0.25, -0.2) is 4.39 Å². The average Bonchev–Trinajstić information content (AvgIpc) is 2.68. The van der Waals surface area contributed by atoms with Crippen LogP contribution in [0.2, 0.25) is 0 Å². The molecule has 0 saturated carbocycles. The Morgan fingerprint density at radius 3 is 2.56 bits per heavy atom. The van der Waals surface area contributed by atoms with Crippen LogP contribution in [-0.4, -0.2) is 48.4 Å². The van der Waals surface area contributed by atoms with Gasteiger partial charge in [0.05, 0.1) is 13.2 Å². The van der Waals surface area contributed by atoms with Gasteiger partial charge in [-0.1, -0.05) is 6.07 Å². The van der Waals surface area contributed by atoms with Crippen LogP contribution in [0.15, 0.2) is 48.5 Å². The van der Waals surface area contributed by atoms with Crippen molar-refractivity contribution in [3.8, 4) is 0 Å². The summed E-state index contributed by atoms with van der Waals surface area (Å²) in [5.41, 5.74) is 6.32. The minimum absolute atomic E-state index is 0.0837. The van der Waals surface area contributed by atoms with Gasteiger partial charge in [-0.05, 0) is 42.5 Å². The molecule has 3 rings (SSSR count). The number of nitrogens with zero attached hydrogens (tertiary/aromatic N) is 1. The van der Waals surface area contributed by atoms with Gasteiger partial charge >= 0.3 is 0 Å². The number of ether oxygens (including phenoxy) is 1. The molecule has 3 amide bonds. The van der Waals surface area contributed by atoms with Gasteiger partial charge in [0.1, 0.15) is 5.82 Å². The average molecular weight is 371 g/mol. The molecule has 1 unspecified atom stereocenters. The highest BCUT2D eigenvalue weighted by atomic mass is 19.1. The van der Waals surface area contributed by atoms with E-state index in [9.17, 15) is 18.8 Å². The second kappa shape index (κ2) is 7.96. The van der Waals surface area contributed by atoms with Gasteiger partial charge in [-0.3, -0.25) is 14.4 Å². The van der Waals surface area contributed by atoms with Crippen molar-refractivity contribution in [3.05, 3.63) is 65.5 Å². The van der Waals surface area contributed by atoms with Crippen molar-refractivity contribution >= 4 is 23.4 Å². The molecule has 2 aromatic rings. The highest BCUT2D eigenvalue weighted by molar-refractivity contribution is 6.05. The Morgan fingerprint density at radius 1 is 1.11 bits per heavy atom. The number of amides is 3. The van der Waals surface area contributed by atoms with E-state index in [1.54, 1.807) is 24.3 Å². The zero-order chi connectivity index (χ0) is 19.4. The molecule has 3 N–H and O–H groups in total. The molecule has 0 aromatic heterocycles. The van der Waals surface area contributed by atoms with Crippen LogP contribution in [0.1, 0.15) is 20.7 Å². The summed E-state index contributed by atoms with van der Waals surface area (Å²) in [6.07, 6.45) is -0.830. The summed E-state index contributed by atoms with van der Waals surface area (Å²) in [6.45, 7) is 0.648. The molecule has 0 spiro atoms. The van der Waals surface area contributed by atoms with Crippen LogP contribution >= 0.6 is 0 Å². The molecule has 1 heterocycles. The summed E-state index contributed by atoms with van der Waals surface area (Å²) in [6, 6.07) is 11.6. The molecule has 7 nitrogen and oxygen atoms in total. The highest BCUT2D eigenvalue weighted by Crippen LogP contribution is 2.16. The van der Waals surface area contributed by atoms with Gasteiger partial charge in [0.25, 0.3) is 11.8 Å². The first-order valence-corrected chi connectivity index (χ1v) is 8.31. The number of carbonyl (C=O) groups is 3. The fourth-order valence-electron chi connectivity index (χ4n) is 2.72. The van der Waals surface area contributed by atoms with Gasteiger partial charge in [-0.15, -0.1) is 0 Å². The number of carbonyl (C=O) groups excluding carboxylic acids is 3. The number of hydrogen-bond acceptors (Lipinski definition) is 4. The van der Waals surface area contributed by atoms with Crippen LogP contribution in [0.3, 0.4) is 0 Å². The summed E-state index contributed by atoms with van der Waals surface area (Å²) >= 11 is 0. The van der Waals surface area contributed by atoms with E-state index in [1.165, 1.54) is 29.2 Å². The van der Waals surface area contributed by atoms with E-state index in [0.29, 0.717) is 23.4 Å². The summed E-state index contributed by atoms with van der Waals surface area (Å²) in [5, 5.41) is 2.67. The van der Waals surface area contributed by atoms with Crippen molar-refractivity contribution in [1.29, 1.82) is 0 Å².